The van der Waals surface area contributed by atoms with Gasteiger partial charge in [-0.05, 0) is 64.7 Å². The summed E-state index contributed by atoms with van der Waals surface area (Å²) in [4.78, 5) is 8.87. The van der Waals surface area contributed by atoms with Crippen molar-refractivity contribution in [3.63, 3.8) is 0 Å². The molecule has 1 aliphatic carbocycles. The second-order valence-corrected chi connectivity index (χ2v) is 9.31. The van der Waals surface area contributed by atoms with E-state index >= 15 is 0 Å². The minimum Gasteiger partial charge on any atom is -0.305 e. The first kappa shape index (κ1) is 26.4. The van der Waals surface area contributed by atoms with E-state index in [1.165, 1.54) is 33.4 Å². The Morgan fingerprint density at radius 2 is 1.36 bits per heavy atom. The van der Waals surface area contributed by atoms with E-state index < -0.39 is 0 Å². The fourth-order valence-corrected chi connectivity index (χ4v) is 4.98. The molecule has 1 aliphatic rings. The third-order valence-corrected chi connectivity index (χ3v) is 6.78. The van der Waals surface area contributed by atoms with Crippen molar-refractivity contribution in [2.24, 2.45) is 0 Å². The summed E-state index contributed by atoms with van der Waals surface area (Å²) >= 11 is 0. The van der Waals surface area contributed by atoms with Gasteiger partial charge < -0.3 is 9.97 Å². The van der Waals surface area contributed by atoms with E-state index in [4.69, 9.17) is 0 Å². The van der Waals surface area contributed by atoms with Crippen LogP contribution in [0, 0.1) is 19.1 Å². The van der Waals surface area contributed by atoms with Crippen molar-refractivity contribution in [1.82, 2.24) is 9.97 Å². The molecule has 2 heterocycles. The Balaban J connectivity index is 0.000000187. The molecule has 2 aromatic heterocycles. The summed E-state index contributed by atoms with van der Waals surface area (Å²) in [5.41, 5.74) is 13.2. The molecule has 0 bridgehead atoms. The van der Waals surface area contributed by atoms with Gasteiger partial charge in [-0.15, -0.1) is 71.3 Å². The number of aryl methyl sites for hydroxylation is 1. The normalized spacial score (nSPS) is 10.9. The van der Waals surface area contributed by atoms with Crippen molar-refractivity contribution < 1.29 is 20.1 Å². The van der Waals surface area contributed by atoms with E-state index in [1.54, 1.807) is 0 Å². The Labute approximate surface area is 243 Å². The molecule has 0 aliphatic heterocycles. The molecule has 191 valence electrons. The molecule has 3 heteroatoms. The predicted octanol–water partition coefficient (Wildman–Crippen LogP) is 8.64. The van der Waals surface area contributed by atoms with Crippen LogP contribution in [0.2, 0.25) is 0 Å². The first-order chi connectivity index (χ1) is 18.8. The largest absolute Gasteiger partial charge is 0.305 e. The Hall–Kier alpha value is -4.17. The van der Waals surface area contributed by atoms with Gasteiger partial charge in [-0.1, -0.05) is 66.7 Å². The van der Waals surface area contributed by atoms with Crippen LogP contribution in [0.5, 0.6) is 0 Å². The molecular formula is C36H26IrN2-2. The van der Waals surface area contributed by atoms with Gasteiger partial charge in [0.2, 0.25) is 0 Å². The summed E-state index contributed by atoms with van der Waals surface area (Å²) in [6.45, 7) is 1.99. The van der Waals surface area contributed by atoms with Crippen molar-refractivity contribution in [1.29, 1.82) is 0 Å². The Kier molecular flexibility index (Phi) is 8.22. The Morgan fingerprint density at radius 1 is 0.615 bits per heavy atom. The van der Waals surface area contributed by atoms with Crippen LogP contribution in [0.1, 0.15) is 16.8 Å². The topological polar surface area (TPSA) is 25.8 Å². The monoisotopic (exact) mass is 679 g/mol. The molecule has 39 heavy (non-hydrogen) atoms. The molecular weight excluding hydrogens is 653 g/mol. The zero-order valence-electron chi connectivity index (χ0n) is 21.6. The summed E-state index contributed by atoms with van der Waals surface area (Å²) in [5, 5.41) is 0. The van der Waals surface area contributed by atoms with Gasteiger partial charge in [-0.2, -0.15) is 0 Å². The van der Waals surface area contributed by atoms with Crippen LogP contribution in [0.15, 0.2) is 128 Å². The average molecular weight is 679 g/mol. The van der Waals surface area contributed by atoms with Crippen molar-refractivity contribution >= 4 is 0 Å². The van der Waals surface area contributed by atoms with Crippen LogP contribution in [-0.4, -0.2) is 9.97 Å². The maximum Gasteiger partial charge on any atom is 0.0266 e. The molecule has 7 rings (SSSR count). The maximum absolute atomic E-state index is 4.46. The Bertz CT molecular complexity index is 1690. The van der Waals surface area contributed by atoms with Crippen molar-refractivity contribution in [3.05, 3.63) is 156 Å². The molecule has 6 aromatic rings. The predicted molar refractivity (Wildman–Crippen MR) is 155 cm³/mol. The van der Waals surface area contributed by atoms with Gasteiger partial charge in [0.25, 0.3) is 0 Å². The standard InChI is InChI=1S/C24H16N.C12H10N.Ir/c1-2-10-20-18(7-1)16-23-21(11-6-12-22(20)23)17-8-5-9-19(15-17)24-13-3-4-14-25-24;1-10-6-5-9-12(13-10)11-7-3-2-4-8-11;/h1-8,10-15H,16H2;2-7,9H,1H3;/q2*-1;. The molecule has 0 saturated carbocycles. The smallest absolute Gasteiger partial charge is 0.0266 e. The molecule has 0 fully saturated rings. The van der Waals surface area contributed by atoms with Gasteiger partial charge >= 0.3 is 0 Å². The minimum atomic E-state index is 0. The molecule has 0 N–H and O–H groups in total. The van der Waals surface area contributed by atoms with Crippen LogP contribution >= 0.6 is 0 Å². The van der Waals surface area contributed by atoms with Crippen LogP contribution < -0.4 is 0 Å². The van der Waals surface area contributed by atoms with Crippen LogP contribution in [-0.2, 0) is 26.5 Å². The van der Waals surface area contributed by atoms with Gasteiger partial charge in [0.15, 0.2) is 0 Å². The van der Waals surface area contributed by atoms with Crippen molar-refractivity contribution in [2.75, 3.05) is 0 Å². The summed E-state index contributed by atoms with van der Waals surface area (Å²) in [6, 6.07) is 48.0. The first-order valence-corrected chi connectivity index (χ1v) is 12.8. The van der Waals surface area contributed by atoms with Gasteiger partial charge in [0, 0.05) is 32.0 Å². The molecule has 0 spiro atoms. The van der Waals surface area contributed by atoms with Gasteiger partial charge in [0.05, 0.1) is 0 Å². The third-order valence-electron chi connectivity index (χ3n) is 6.78. The first-order valence-electron chi connectivity index (χ1n) is 12.8. The third kappa shape index (κ3) is 5.81. The molecule has 4 aromatic carbocycles. The van der Waals surface area contributed by atoms with E-state index in [0.717, 1.165) is 34.6 Å². The Morgan fingerprint density at radius 3 is 2.18 bits per heavy atom. The molecule has 1 radical (unpaired) electrons. The molecule has 0 unspecified atom stereocenters. The molecule has 0 atom stereocenters. The quantitative estimate of drug-likeness (QED) is 0.175. The summed E-state index contributed by atoms with van der Waals surface area (Å²) in [6.07, 6.45) is 2.83. The molecule has 0 saturated heterocycles. The SMILES string of the molecule is Cc1cccc(-c2[c-]cccc2)n1.[Ir].[c-]1ccc(-c2cccc3c2Cc2ccccc2-3)cc1-c1ccccn1. The molecule has 0 amide bonds. The number of aromatic nitrogens is 2. The van der Waals surface area contributed by atoms with Crippen LogP contribution in [0.25, 0.3) is 44.8 Å². The summed E-state index contributed by atoms with van der Waals surface area (Å²) < 4.78 is 0. The zero-order chi connectivity index (χ0) is 25.7. The van der Waals surface area contributed by atoms with E-state index in [-0.39, 0.29) is 20.1 Å². The van der Waals surface area contributed by atoms with Crippen LogP contribution in [0.4, 0.5) is 0 Å². The fourth-order valence-electron chi connectivity index (χ4n) is 4.98. The van der Waals surface area contributed by atoms with Crippen LogP contribution in [0.3, 0.4) is 0 Å². The average Bonchev–Trinajstić information content (AvgIpc) is 3.38. The summed E-state index contributed by atoms with van der Waals surface area (Å²) in [5.74, 6) is 0. The van der Waals surface area contributed by atoms with Gasteiger partial charge in [-0.25, -0.2) is 0 Å². The van der Waals surface area contributed by atoms with Gasteiger partial charge in [-0.3, -0.25) is 0 Å². The van der Waals surface area contributed by atoms with E-state index in [9.17, 15) is 0 Å². The number of hydrogen-bond donors (Lipinski definition) is 0. The number of pyridine rings is 2. The van der Waals surface area contributed by atoms with E-state index in [0.29, 0.717) is 0 Å². The van der Waals surface area contributed by atoms with E-state index in [2.05, 4.69) is 76.7 Å². The van der Waals surface area contributed by atoms with Gasteiger partial charge in [0.1, 0.15) is 0 Å². The van der Waals surface area contributed by atoms with E-state index in [1.807, 2.05) is 79.9 Å². The minimum absolute atomic E-state index is 0. The number of nitrogens with zero attached hydrogens (tertiary/aromatic N) is 2. The second-order valence-electron chi connectivity index (χ2n) is 9.31. The zero-order valence-corrected chi connectivity index (χ0v) is 24.0. The number of hydrogen-bond acceptors (Lipinski definition) is 2. The number of fused-ring (bicyclic) bond motifs is 3. The fraction of sp³-hybridized carbons (Fsp3) is 0.0556. The number of benzene rings is 4. The number of rotatable bonds is 3. The van der Waals surface area contributed by atoms with Crippen molar-refractivity contribution in [3.8, 4) is 44.8 Å². The van der Waals surface area contributed by atoms with Crippen molar-refractivity contribution in [2.45, 2.75) is 13.3 Å². The molecule has 2 nitrogen and oxygen atoms in total. The summed E-state index contributed by atoms with van der Waals surface area (Å²) in [7, 11) is 0. The second kappa shape index (κ2) is 12.1. The maximum atomic E-state index is 4.46.